The Morgan fingerprint density at radius 3 is 2.05 bits per heavy atom. The Balaban J connectivity index is 2.16. The van der Waals surface area contributed by atoms with Crippen LogP contribution in [0.5, 0.6) is 0 Å². The van der Waals surface area contributed by atoms with Crippen LogP contribution >= 0.6 is 22.6 Å². The Morgan fingerprint density at radius 2 is 1.55 bits per heavy atom. The van der Waals surface area contributed by atoms with Crippen LogP contribution in [-0.2, 0) is 10.0 Å². The maximum Gasteiger partial charge on any atom is 0.255 e. The second-order valence-electron chi connectivity index (χ2n) is 4.77. The van der Waals surface area contributed by atoms with Gasteiger partial charge in [-0.3, -0.25) is 4.79 Å². The highest BCUT2D eigenvalue weighted by Crippen LogP contribution is 2.16. The highest BCUT2D eigenvalue weighted by molar-refractivity contribution is 14.1. The number of nitrogens with one attached hydrogen (secondary N) is 1. The van der Waals surface area contributed by atoms with Gasteiger partial charge < -0.3 is 5.32 Å². The molecule has 2 aromatic carbocycles. The quantitative estimate of drug-likeness (QED) is 0.759. The first-order valence-corrected chi connectivity index (χ1v) is 8.92. The predicted molar refractivity (Wildman–Crippen MR) is 94.4 cm³/mol. The molecule has 0 fully saturated rings. The number of amides is 1. The zero-order valence-corrected chi connectivity index (χ0v) is 15.1. The van der Waals surface area contributed by atoms with Crippen molar-refractivity contribution in [3.63, 3.8) is 0 Å². The third-order valence-electron chi connectivity index (χ3n) is 3.00. The van der Waals surface area contributed by atoms with Crippen LogP contribution in [0.1, 0.15) is 10.4 Å². The summed E-state index contributed by atoms with van der Waals surface area (Å²) in [7, 11) is -0.552. The molecular weight excluding hydrogens is 415 g/mol. The molecule has 0 aliphatic rings. The Morgan fingerprint density at radius 1 is 1.00 bits per heavy atom. The van der Waals surface area contributed by atoms with E-state index in [1.54, 1.807) is 0 Å². The Kier molecular flexibility index (Phi) is 5.20. The Labute approximate surface area is 143 Å². The molecule has 22 heavy (non-hydrogen) atoms. The highest BCUT2D eigenvalue weighted by Gasteiger charge is 2.17. The molecule has 7 heteroatoms. The summed E-state index contributed by atoms with van der Waals surface area (Å²) in [6.07, 6.45) is 0. The van der Waals surface area contributed by atoms with Crippen molar-refractivity contribution in [2.24, 2.45) is 0 Å². The molecule has 0 spiro atoms. The van der Waals surface area contributed by atoms with Crippen molar-refractivity contribution in [3.8, 4) is 0 Å². The number of halogens is 1. The van der Waals surface area contributed by atoms with Crippen LogP contribution in [0.25, 0.3) is 0 Å². The van der Waals surface area contributed by atoms with Crippen LogP contribution in [0, 0.1) is 3.57 Å². The Hall–Kier alpha value is -1.45. The van der Waals surface area contributed by atoms with E-state index in [9.17, 15) is 13.2 Å². The van der Waals surface area contributed by atoms with Gasteiger partial charge in [0.05, 0.1) is 4.90 Å². The zero-order valence-electron chi connectivity index (χ0n) is 12.1. The third-order valence-corrected chi connectivity index (χ3v) is 5.55. The van der Waals surface area contributed by atoms with Crippen molar-refractivity contribution < 1.29 is 13.2 Å². The first kappa shape index (κ1) is 16.9. The average molecular weight is 430 g/mol. The predicted octanol–water partition coefficient (Wildman–Crippen LogP) is 2.79. The molecule has 116 valence electrons. The van der Waals surface area contributed by atoms with E-state index >= 15 is 0 Å². The van der Waals surface area contributed by atoms with Gasteiger partial charge in [-0.1, -0.05) is 0 Å². The van der Waals surface area contributed by atoms with Gasteiger partial charge in [-0.25, -0.2) is 12.7 Å². The number of sulfonamides is 1. The molecule has 0 radical (unpaired) electrons. The van der Waals surface area contributed by atoms with Crippen molar-refractivity contribution in [2.75, 3.05) is 19.4 Å². The van der Waals surface area contributed by atoms with Crippen molar-refractivity contribution in [1.82, 2.24) is 4.31 Å². The summed E-state index contributed by atoms with van der Waals surface area (Å²) in [6.45, 7) is 0. The van der Waals surface area contributed by atoms with Gasteiger partial charge in [-0.05, 0) is 71.1 Å². The van der Waals surface area contributed by atoms with Crippen LogP contribution in [0.3, 0.4) is 0 Å². The van der Waals surface area contributed by atoms with Crippen molar-refractivity contribution in [1.29, 1.82) is 0 Å². The molecule has 0 aliphatic carbocycles. The molecule has 0 atom stereocenters. The van der Waals surface area contributed by atoms with Gasteiger partial charge in [0.1, 0.15) is 0 Å². The third kappa shape index (κ3) is 3.84. The van der Waals surface area contributed by atoms with Gasteiger partial charge >= 0.3 is 0 Å². The average Bonchev–Trinajstić information content (AvgIpc) is 2.49. The molecule has 0 aliphatic heterocycles. The minimum absolute atomic E-state index is 0.156. The number of hydrogen-bond acceptors (Lipinski definition) is 3. The molecule has 1 N–H and O–H groups in total. The second-order valence-corrected chi connectivity index (χ2v) is 8.17. The normalized spacial score (nSPS) is 11.5. The molecule has 0 aromatic heterocycles. The standard InChI is InChI=1S/C15H15IN2O3S/c1-18(2)22(20,21)14-9-3-11(4-10-14)15(19)17-13-7-5-12(16)6-8-13/h3-10H,1-2H3,(H,17,19). The number of anilines is 1. The maximum atomic E-state index is 12.1. The molecule has 0 heterocycles. The lowest BCUT2D eigenvalue weighted by Crippen LogP contribution is -2.22. The molecule has 0 saturated heterocycles. The summed E-state index contributed by atoms with van der Waals surface area (Å²) in [5.74, 6) is -0.282. The van der Waals surface area contributed by atoms with Gasteiger partial charge in [0.15, 0.2) is 0 Å². The molecular formula is C15H15IN2O3S. The maximum absolute atomic E-state index is 12.1. The summed E-state index contributed by atoms with van der Waals surface area (Å²) < 4.78 is 26.1. The van der Waals surface area contributed by atoms with Gasteiger partial charge in [0.25, 0.3) is 5.91 Å². The Bertz CT molecular complexity index is 769. The van der Waals surface area contributed by atoms with E-state index in [1.165, 1.54) is 38.4 Å². The monoisotopic (exact) mass is 430 g/mol. The number of carbonyl (C=O) groups is 1. The second kappa shape index (κ2) is 6.76. The number of rotatable bonds is 4. The zero-order chi connectivity index (χ0) is 16.3. The summed E-state index contributed by atoms with van der Waals surface area (Å²) in [6, 6.07) is 13.3. The lowest BCUT2D eigenvalue weighted by molar-refractivity contribution is 0.102. The van der Waals surface area contributed by atoms with Gasteiger partial charge in [0, 0.05) is 28.9 Å². The van der Waals surface area contributed by atoms with Crippen molar-refractivity contribution >= 4 is 44.2 Å². The van der Waals surface area contributed by atoms with Crippen LogP contribution in [0.4, 0.5) is 5.69 Å². The summed E-state index contributed by atoms with van der Waals surface area (Å²) >= 11 is 2.18. The highest BCUT2D eigenvalue weighted by atomic mass is 127. The molecule has 0 saturated carbocycles. The van der Waals surface area contributed by atoms with Crippen LogP contribution < -0.4 is 5.32 Å². The summed E-state index contributed by atoms with van der Waals surface area (Å²) in [5, 5.41) is 2.76. The lowest BCUT2D eigenvalue weighted by Gasteiger charge is -2.11. The number of benzene rings is 2. The first-order chi connectivity index (χ1) is 10.3. The van der Waals surface area contributed by atoms with Gasteiger partial charge in [-0.2, -0.15) is 0 Å². The first-order valence-electron chi connectivity index (χ1n) is 6.40. The topological polar surface area (TPSA) is 66.5 Å². The largest absolute Gasteiger partial charge is 0.322 e. The van der Waals surface area contributed by atoms with E-state index in [4.69, 9.17) is 0 Å². The smallest absolute Gasteiger partial charge is 0.255 e. The van der Waals surface area contributed by atoms with Crippen molar-refractivity contribution in [3.05, 3.63) is 57.7 Å². The number of carbonyl (C=O) groups excluding carboxylic acids is 1. The number of nitrogens with zero attached hydrogens (tertiary/aromatic N) is 1. The minimum atomic E-state index is -3.48. The van der Waals surface area contributed by atoms with Gasteiger partial charge in [0.2, 0.25) is 10.0 Å². The van der Waals surface area contributed by atoms with E-state index in [2.05, 4.69) is 27.9 Å². The number of hydrogen-bond donors (Lipinski definition) is 1. The fourth-order valence-electron chi connectivity index (χ4n) is 1.73. The molecule has 2 aromatic rings. The molecule has 1 amide bonds. The summed E-state index contributed by atoms with van der Waals surface area (Å²) in [5.41, 5.74) is 1.09. The minimum Gasteiger partial charge on any atom is -0.322 e. The fourth-order valence-corrected chi connectivity index (χ4v) is 2.99. The van der Waals surface area contributed by atoms with Gasteiger partial charge in [-0.15, -0.1) is 0 Å². The SMILES string of the molecule is CN(C)S(=O)(=O)c1ccc(C(=O)Nc2ccc(I)cc2)cc1. The van der Waals surface area contributed by atoms with E-state index in [1.807, 2.05) is 24.3 Å². The molecule has 2 rings (SSSR count). The van der Waals surface area contributed by atoms with E-state index in [-0.39, 0.29) is 10.8 Å². The van der Waals surface area contributed by atoms with Crippen molar-refractivity contribution in [2.45, 2.75) is 4.90 Å². The molecule has 0 bridgehead atoms. The van der Waals surface area contributed by atoms with Crippen LogP contribution in [0.15, 0.2) is 53.4 Å². The lowest BCUT2D eigenvalue weighted by atomic mass is 10.2. The van der Waals surface area contributed by atoms with E-state index < -0.39 is 10.0 Å². The molecule has 0 unspecified atom stereocenters. The molecule has 5 nitrogen and oxygen atoms in total. The summed E-state index contributed by atoms with van der Waals surface area (Å²) in [4.78, 5) is 12.3. The van der Waals surface area contributed by atoms with E-state index in [0.29, 0.717) is 11.3 Å². The van der Waals surface area contributed by atoms with Crippen LogP contribution in [-0.4, -0.2) is 32.7 Å². The fraction of sp³-hybridized carbons (Fsp3) is 0.133. The van der Waals surface area contributed by atoms with E-state index in [0.717, 1.165) is 7.88 Å². The van der Waals surface area contributed by atoms with Crippen LogP contribution in [0.2, 0.25) is 0 Å².